The molecule has 1 rings (SSSR count). The van der Waals surface area contributed by atoms with Crippen LogP contribution in [0.5, 0.6) is 0 Å². The quantitative estimate of drug-likeness (QED) is 0.872. The van der Waals surface area contributed by atoms with Gasteiger partial charge in [0.1, 0.15) is 0 Å². The third kappa shape index (κ3) is 4.16. The van der Waals surface area contributed by atoms with Crippen molar-refractivity contribution in [3.8, 4) is 6.07 Å². The molecular weight excluding hydrogens is 273 g/mol. The van der Waals surface area contributed by atoms with E-state index in [-0.39, 0.29) is 0 Å². The number of carbonyl (C=O) groups is 1. The van der Waals surface area contributed by atoms with E-state index in [0.717, 1.165) is 12.1 Å². The number of benzene rings is 1. The van der Waals surface area contributed by atoms with Gasteiger partial charge in [0.2, 0.25) is 0 Å². The van der Waals surface area contributed by atoms with Crippen LogP contribution < -0.4 is 5.32 Å². The Hall–Kier alpha value is -2.23. The molecule has 20 heavy (non-hydrogen) atoms. The van der Waals surface area contributed by atoms with Gasteiger partial charge in [0.15, 0.2) is 0 Å². The monoisotopic (exact) mass is 286 g/mol. The topological polar surface area (TPSA) is 73.1 Å². The molecule has 0 saturated heterocycles. The number of nitriles is 1. The Morgan fingerprint density at radius 1 is 1.50 bits per heavy atom. The molecule has 0 aliphatic rings. The highest BCUT2D eigenvalue weighted by atomic mass is 19.4. The Balaban J connectivity index is 2.75. The van der Waals surface area contributed by atoms with Gasteiger partial charge in [0, 0.05) is 12.2 Å². The molecule has 0 spiro atoms. The van der Waals surface area contributed by atoms with E-state index in [1.54, 1.807) is 0 Å². The van der Waals surface area contributed by atoms with Crippen LogP contribution in [0.25, 0.3) is 0 Å². The molecule has 1 unspecified atom stereocenters. The maximum atomic E-state index is 12.6. The van der Waals surface area contributed by atoms with Crippen molar-refractivity contribution in [3.05, 3.63) is 29.3 Å². The first-order valence-corrected chi connectivity index (χ1v) is 5.83. The average molecular weight is 286 g/mol. The van der Waals surface area contributed by atoms with Crippen molar-refractivity contribution in [2.45, 2.75) is 19.5 Å². The molecular formula is C13H13F3N2O2. The zero-order valence-corrected chi connectivity index (χ0v) is 10.7. The average Bonchev–Trinajstić information content (AvgIpc) is 2.36. The number of rotatable bonds is 5. The lowest BCUT2D eigenvalue weighted by molar-refractivity contribution is -0.141. The van der Waals surface area contributed by atoms with E-state index in [9.17, 15) is 18.0 Å². The number of nitrogens with zero attached hydrogens (tertiary/aromatic N) is 1. The van der Waals surface area contributed by atoms with Crippen molar-refractivity contribution in [2.75, 3.05) is 11.9 Å². The second-order valence-corrected chi connectivity index (χ2v) is 4.32. The van der Waals surface area contributed by atoms with Gasteiger partial charge in [-0.2, -0.15) is 18.4 Å². The minimum absolute atomic E-state index is 0.295. The molecule has 0 bridgehead atoms. The molecule has 0 saturated carbocycles. The second kappa shape index (κ2) is 6.28. The predicted molar refractivity (Wildman–Crippen MR) is 66.1 cm³/mol. The van der Waals surface area contributed by atoms with Crippen molar-refractivity contribution in [2.24, 2.45) is 5.92 Å². The second-order valence-electron chi connectivity index (χ2n) is 4.32. The summed E-state index contributed by atoms with van der Waals surface area (Å²) in [7, 11) is 0. The van der Waals surface area contributed by atoms with E-state index in [1.165, 1.54) is 19.1 Å². The van der Waals surface area contributed by atoms with Crippen LogP contribution >= 0.6 is 0 Å². The van der Waals surface area contributed by atoms with Gasteiger partial charge < -0.3 is 10.4 Å². The number of hydrogen-bond donors (Lipinski definition) is 2. The lowest BCUT2D eigenvalue weighted by atomic mass is 10.1. The van der Waals surface area contributed by atoms with Crippen LogP contribution in [0.4, 0.5) is 18.9 Å². The van der Waals surface area contributed by atoms with Crippen LogP contribution in [-0.2, 0) is 11.0 Å². The van der Waals surface area contributed by atoms with Gasteiger partial charge in [-0.1, -0.05) is 6.92 Å². The normalized spacial score (nSPS) is 12.6. The van der Waals surface area contributed by atoms with E-state index in [2.05, 4.69) is 5.32 Å². The summed E-state index contributed by atoms with van der Waals surface area (Å²) in [6, 6.07) is 4.66. The summed E-state index contributed by atoms with van der Waals surface area (Å²) in [6.45, 7) is 1.83. The number of hydrogen-bond acceptors (Lipinski definition) is 3. The minimum Gasteiger partial charge on any atom is -0.481 e. The number of carboxylic acids is 1. The number of carboxylic acid groups (broad SMARTS) is 1. The van der Waals surface area contributed by atoms with E-state index < -0.39 is 29.2 Å². The first-order valence-electron chi connectivity index (χ1n) is 5.83. The highest BCUT2D eigenvalue weighted by molar-refractivity contribution is 5.69. The van der Waals surface area contributed by atoms with Crippen LogP contribution in [0, 0.1) is 17.2 Å². The lowest BCUT2D eigenvalue weighted by Crippen LogP contribution is -2.14. The fourth-order valence-electron chi connectivity index (χ4n) is 1.55. The van der Waals surface area contributed by atoms with Gasteiger partial charge in [0.05, 0.1) is 23.1 Å². The van der Waals surface area contributed by atoms with Gasteiger partial charge in [-0.25, -0.2) is 0 Å². The Kier molecular flexibility index (Phi) is 4.97. The summed E-state index contributed by atoms with van der Waals surface area (Å²) >= 11 is 0. The smallest absolute Gasteiger partial charge is 0.417 e. The van der Waals surface area contributed by atoms with Crippen molar-refractivity contribution >= 4 is 11.7 Å². The van der Waals surface area contributed by atoms with E-state index >= 15 is 0 Å². The molecule has 0 fully saturated rings. The molecule has 4 nitrogen and oxygen atoms in total. The van der Waals surface area contributed by atoms with Gasteiger partial charge >= 0.3 is 12.1 Å². The van der Waals surface area contributed by atoms with Crippen molar-refractivity contribution in [3.63, 3.8) is 0 Å². The third-order valence-corrected chi connectivity index (χ3v) is 2.77. The Bertz CT molecular complexity index is 535. The molecule has 1 atom stereocenters. The first-order chi connectivity index (χ1) is 9.25. The highest BCUT2D eigenvalue weighted by Gasteiger charge is 2.33. The first kappa shape index (κ1) is 15.8. The molecule has 2 N–H and O–H groups in total. The van der Waals surface area contributed by atoms with E-state index in [4.69, 9.17) is 10.4 Å². The zero-order valence-electron chi connectivity index (χ0n) is 10.7. The van der Waals surface area contributed by atoms with Crippen LogP contribution in [0.2, 0.25) is 0 Å². The molecule has 7 heteroatoms. The molecule has 1 aromatic carbocycles. The minimum atomic E-state index is -4.57. The fourth-order valence-corrected chi connectivity index (χ4v) is 1.55. The summed E-state index contributed by atoms with van der Waals surface area (Å²) < 4.78 is 37.7. The summed E-state index contributed by atoms with van der Waals surface area (Å²) in [5, 5.41) is 20.2. The number of aliphatic carboxylic acids is 1. The maximum absolute atomic E-state index is 12.6. The summed E-state index contributed by atoms with van der Waals surface area (Å²) in [6.07, 6.45) is -4.24. The largest absolute Gasteiger partial charge is 0.481 e. The summed E-state index contributed by atoms with van der Waals surface area (Å²) in [5.41, 5.74) is -1.09. The molecule has 108 valence electrons. The van der Waals surface area contributed by atoms with Gasteiger partial charge in [-0.15, -0.1) is 0 Å². The SMILES string of the molecule is CC(CCNc1ccc(C(F)(F)F)c(C#N)c1)C(=O)O. The molecule has 0 heterocycles. The van der Waals surface area contributed by atoms with E-state index in [0.29, 0.717) is 18.7 Å². The maximum Gasteiger partial charge on any atom is 0.417 e. The zero-order chi connectivity index (χ0) is 15.3. The Morgan fingerprint density at radius 3 is 2.65 bits per heavy atom. The van der Waals surface area contributed by atoms with Crippen molar-refractivity contribution in [1.82, 2.24) is 0 Å². The van der Waals surface area contributed by atoms with Crippen LogP contribution in [0.15, 0.2) is 18.2 Å². The summed E-state index contributed by atoms with van der Waals surface area (Å²) in [5.74, 6) is -1.48. The molecule has 0 aliphatic carbocycles. The van der Waals surface area contributed by atoms with Crippen molar-refractivity contribution in [1.29, 1.82) is 5.26 Å². The third-order valence-electron chi connectivity index (χ3n) is 2.77. The van der Waals surface area contributed by atoms with E-state index in [1.807, 2.05) is 0 Å². The number of halogens is 3. The highest BCUT2D eigenvalue weighted by Crippen LogP contribution is 2.32. The Labute approximate surface area is 113 Å². The predicted octanol–water partition coefficient (Wildman–Crippen LogP) is 3.10. The number of anilines is 1. The molecule has 0 aliphatic heterocycles. The standard InChI is InChI=1S/C13H13F3N2O2/c1-8(12(19)20)4-5-18-10-2-3-11(13(14,15)16)9(6-10)7-17/h2-3,6,8,18H,4-5H2,1H3,(H,19,20). The van der Waals surface area contributed by atoms with Crippen LogP contribution in [-0.4, -0.2) is 17.6 Å². The van der Waals surface area contributed by atoms with Gasteiger partial charge in [-0.3, -0.25) is 4.79 Å². The molecule has 1 aromatic rings. The number of alkyl halides is 3. The number of nitrogens with one attached hydrogen (secondary N) is 1. The fraction of sp³-hybridized carbons (Fsp3) is 0.385. The van der Waals surface area contributed by atoms with Gasteiger partial charge in [-0.05, 0) is 24.6 Å². The molecule has 0 aromatic heterocycles. The lowest BCUT2D eigenvalue weighted by Gasteiger charge is -2.12. The Morgan fingerprint density at radius 2 is 2.15 bits per heavy atom. The molecule has 0 amide bonds. The van der Waals surface area contributed by atoms with Crippen LogP contribution in [0.1, 0.15) is 24.5 Å². The summed E-state index contributed by atoms with van der Waals surface area (Å²) in [4.78, 5) is 10.6. The van der Waals surface area contributed by atoms with Gasteiger partial charge in [0.25, 0.3) is 0 Å². The van der Waals surface area contributed by atoms with Crippen molar-refractivity contribution < 1.29 is 23.1 Å². The van der Waals surface area contributed by atoms with Crippen LogP contribution in [0.3, 0.4) is 0 Å². The molecule has 0 radical (unpaired) electrons.